The van der Waals surface area contributed by atoms with Crippen molar-refractivity contribution in [2.24, 2.45) is 0 Å². The number of carbonyl (C=O) groups is 3. The smallest absolute Gasteiger partial charge is 0.308 e. The summed E-state index contributed by atoms with van der Waals surface area (Å²) in [5.41, 5.74) is 0. The van der Waals surface area contributed by atoms with Crippen LogP contribution < -0.4 is 31.9 Å². The third-order valence-corrected chi connectivity index (χ3v) is 3.88. The first kappa shape index (κ1) is 30.6. The topological polar surface area (TPSA) is 250 Å². The Balaban J connectivity index is 2.63. The molecule has 0 saturated heterocycles. The Morgan fingerprint density at radius 1 is 0.556 bits per heavy atom. The summed E-state index contributed by atoms with van der Waals surface area (Å²) < 4.78 is 15.0. The molecule has 1 aromatic heterocycles. The van der Waals surface area contributed by atoms with Crippen LogP contribution in [0.1, 0.15) is 19.3 Å². The van der Waals surface area contributed by atoms with Crippen molar-refractivity contribution < 1.29 is 43.9 Å². The van der Waals surface area contributed by atoms with Gasteiger partial charge in [-0.2, -0.15) is 15.0 Å². The lowest BCUT2D eigenvalue weighted by Gasteiger charge is -2.12. The number of nitrogens with one attached hydrogen (secondary N) is 6. The zero-order chi connectivity index (χ0) is 26.4. The van der Waals surface area contributed by atoms with Crippen LogP contribution in [-0.4, -0.2) is 108 Å². The van der Waals surface area contributed by atoms with Crippen molar-refractivity contribution in [1.82, 2.24) is 30.9 Å². The van der Waals surface area contributed by atoms with Gasteiger partial charge in [0.25, 0.3) is 0 Å². The molecule has 0 spiro atoms. The van der Waals surface area contributed by atoms with Crippen LogP contribution in [0.2, 0.25) is 0 Å². The molecule has 0 aliphatic rings. The standard InChI is InChI=1S/C18H33N9O9/c28-7-19-4-1-13(31)34-10-22-16-25-17(23-11-35-14(32)2-5-20-8-29)27-18(26-16)24-12-36-15(33)3-6-21-9-30/h19-21,28-30H,1-12H2,(H3,22,23,24,25,26,27). The van der Waals surface area contributed by atoms with Crippen LogP contribution >= 0.6 is 0 Å². The third-order valence-electron chi connectivity index (χ3n) is 3.88. The molecule has 36 heavy (non-hydrogen) atoms. The third kappa shape index (κ3) is 15.5. The average molecular weight is 520 g/mol. The molecule has 0 aromatic carbocycles. The number of esters is 3. The molecule has 9 N–H and O–H groups in total. The monoisotopic (exact) mass is 519 g/mol. The van der Waals surface area contributed by atoms with Gasteiger partial charge in [0.2, 0.25) is 17.8 Å². The number of anilines is 3. The SMILES string of the molecule is O=C(CCNCO)OCNc1nc(NCOC(=O)CCNCO)nc(NCOC(=O)CCNCO)n1. The highest BCUT2D eigenvalue weighted by atomic mass is 16.5. The molecule has 0 amide bonds. The van der Waals surface area contributed by atoms with E-state index in [1.165, 1.54) is 0 Å². The van der Waals surface area contributed by atoms with Gasteiger partial charge < -0.3 is 45.5 Å². The van der Waals surface area contributed by atoms with Gasteiger partial charge in [0, 0.05) is 19.6 Å². The number of aromatic nitrogens is 3. The molecule has 0 saturated carbocycles. The number of hydrogen-bond donors (Lipinski definition) is 9. The zero-order valence-electron chi connectivity index (χ0n) is 19.6. The predicted molar refractivity (Wildman–Crippen MR) is 123 cm³/mol. The van der Waals surface area contributed by atoms with Crippen LogP contribution in [0.25, 0.3) is 0 Å². The highest BCUT2D eigenvalue weighted by Gasteiger charge is 2.10. The first-order valence-electron chi connectivity index (χ1n) is 10.9. The Labute approximate surface area is 206 Å². The molecule has 18 heteroatoms. The molecule has 0 atom stereocenters. The van der Waals surface area contributed by atoms with Crippen molar-refractivity contribution in [3.8, 4) is 0 Å². The molecular formula is C18H33N9O9. The fraction of sp³-hybridized carbons (Fsp3) is 0.667. The van der Waals surface area contributed by atoms with Gasteiger partial charge in [0.15, 0.2) is 20.2 Å². The van der Waals surface area contributed by atoms with Gasteiger partial charge in [-0.15, -0.1) is 0 Å². The summed E-state index contributed by atoms with van der Waals surface area (Å²) in [6, 6.07) is 0. The number of aliphatic hydroxyl groups excluding tert-OH is 3. The average Bonchev–Trinajstić information content (AvgIpc) is 2.84. The summed E-state index contributed by atoms with van der Waals surface area (Å²) in [5.74, 6) is -1.60. The van der Waals surface area contributed by atoms with Gasteiger partial charge >= 0.3 is 17.9 Å². The highest BCUT2D eigenvalue weighted by molar-refractivity contribution is 5.70. The second kappa shape index (κ2) is 19.8. The summed E-state index contributed by atoms with van der Waals surface area (Å²) in [5, 5.41) is 41.7. The minimum atomic E-state index is -0.528. The maximum absolute atomic E-state index is 11.6. The van der Waals surface area contributed by atoms with Crippen molar-refractivity contribution in [2.75, 3.05) is 76.0 Å². The summed E-state index contributed by atoms with van der Waals surface area (Å²) in [7, 11) is 0. The minimum absolute atomic E-state index is 0.00627. The molecular weight excluding hydrogens is 486 g/mol. The Hall–Kier alpha value is -3.42. The van der Waals surface area contributed by atoms with Crippen LogP contribution in [0.5, 0.6) is 0 Å². The van der Waals surface area contributed by atoms with E-state index in [-0.39, 0.29) is 97.1 Å². The molecule has 1 heterocycles. The fourth-order valence-corrected chi connectivity index (χ4v) is 2.18. The number of nitrogens with zero attached hydrogens (tertiary/aromatic N) is 3. The fourth-order valence-electron chi connectivity index (χ4n) is 2.18. The maximum atomic E-state index is 11.6. The normalized spacial score (nSPS) is 10.4. The first-order valence-corrected chi connectivity index (χ1v) is 10.9. The van der Waals surface area contributed by atoms with Gasteiger partial charge in [0.05, 0.1) is 39.5 Å². The number of carbonyl (C=O) groups excluding carboxylic acids is 3. The van der Waals surface area contributed by atoms with E-state index in [4.69, 9.17) is 29.5 Å². The Kier molecular flexibility index (Phi) is 16.9. The van der Waals surface area contributed by atoms with E-state index < -0.39 is 17.9 Å². The van der Waals surface area contributed by atoms with Gasteiger partial charge in [-0.05, 0) is 0 Å². The quantitative estimate of drug-likeness (QED) is 0.0329. The van der Waals surface area contributed by atoms with Gasteiger partial charge in [-0.1, -0.05) is 0 Å². The van der Waals surface area contributed by atoms with E-state index in [2.05, 4.69) is 46.9 Å². The molecule has 0 radical (unpaired) electrons. The Morgan fingerprint density at radius 2 is 0.833 bits per heavy atom. The lowest BCUT2D eigenvalue weighted by Crippen LogP contribution is -2.23. The highest BCUT2D eigenvalue weighted by Crippen LogP contribution is 2.09. The second-order valence-corrected chi connectivity index (χ2v) is 6.54. The molecule has 204 valence electrons. The molecule has 0 aliphatic heterocycles. The predicted octanol–water partition coefficient (Wildman–Crippen LogP) is -3.60. The molecule has 0 unspecified atom stereocenters. The van der Waals surface area contributed by atoms with E-state index in [9.17, 15) is 14.4 Å². The van der Waals surface area contributed by atoms with E-state index in [0.717, 1.165) is 0 Å². The van der Waals surface area contributed by atoms with E-state index in [0.29, 0.717) is 0 Å². The molecule has 18 nitrogen and oxygen atoms in total. The number of ether oxygens (including phenoxy) is 3. The lowest BCUT2D eigenvalue weighted by atomic mass is 10.4. The second-order valence-electron chi connectivity index (χ2n) is 6.54. The zero-order valence-corrected chi connectivity index (χ0v) is 19.6. The van der Waals surface area contributed by atoms with Gasteiger partial charge in [-0.3, -0.25) is 30.3 Å². The molecule has 0 aliphatic carbocycles. The Morgan fingerprint density at radius 3 is 1.08 bits per heavy atom. The van der Waals surface area contributed by atoms with Crippen molar-refractivity contribution in [1.29, 1.82) is 0 Å². The molecule has 0 fully saturated rings. The van der Waals surface area contributed by atoms with E-state index in [1.54, 1.807) is 0 Å². The lowest BCUT2D eigenvalue weighted by molar-refractivity contribution is -0.143. The summed E-state index contributed by atoms with van der Waals surface area (Å²) in [4.78, 5) is 47.2. The minimum Gasteiger partial charge on any atom is -0.444 e. The largest absolute Gasteiger partial charge is 0.444 e. The van der Waals surface area contributed by atoms with Crippen LogP contribution in [0, 0.1) is 0 Å². The number of aliphatic hydroxyl groups is 3. The molecule has 1 aromatic rings. The summed E-state index contributed by atoms with van der Waals surface area (Å²) >= 11 is 0. The van der Waals surface area contributed by atoms with Crippen molar-refractivity contribution in [3.05, 3.63) is 0 Å². The maximum Gasteiger partial charge on any atom is 0.308 e. The van der Waals surface area contributed by atoms with Gasteiger partial charge in [-0.25, -0.2) is 0 Å². The Bertz CT molecular complexity index is 676. The van der Waals surface area contributed by atoms with E-state index >= 15 is 0 Å². The summed E-state index contributed by atoms with van der Waals surface area (Å²) in [6.45, 7) is -0.836. The number of rotatable bonds is 21. The van der Waals surface area contributed by atoms with Crippen molar-refractivity contribution in [2.45, 2.75) is 19.3 Å². The van der Waals surface area contributed by atoms with Crippen LogP contribution in [0.3, 0.4) is 0 Å². The van der Waals surface area contributed by atoms with Crippen LogP contribution in [-0.2, 0) is 28.6 Å². The number of hydrogen-bond acceptors (Lipinski definition) is 18. The molecule has 1 rings (SSSR count). The van der Waals surface area contributed by atoms with E-state index in [1.807, 2.05) is 0 Å². The van der Waals surface area contributed by atoms with Crippen LogP contribution in [0.15, 0.2) is 0 Å². The van der Waals surface area contributed by atoms with Gasteiger partial charge in [0.1, 0.15) is 0 Å². The summed E-state index contributed by atoms with van der Waals surface area (Å²) in [6.07, 6.45) is 0.117. The van der Waals surface area contributed by atoms with Crippen molar-refractivity contribution in [3.63, 3.8) is 0 Å². The van der Waals surface area contributed by atoms with Crippen molar-refractivity contribution >= 4 is 35.8 Å². The first-order chi connectivity index (χ1) is 17.5. The van der Waals surface area contributed by atoms with Crippen LogP contribution in [0.4, 0.5) is 17.8 Å². The molecule has 0 bridgehead atoms.